The number of rotatable bonds is 22. The third-order valence-corrected chi connectivity index (χ3v) is 5.89. The number of phosphoric acid groups is 1. The van der Waals surface area contributed by atoms with Crippen molar-refractivity contribution in [3.63, 3.8) is 0 Å². The van der Waals surface area contributed by atoms with Crippen LogP contribution in [0.2, 0.25) is 0 Å². The highest BCUT2D eigenvalue weighted by Crippen LogP contribution is 2.43. The molecule has 194 valence electrons. The zero-order valence-corrected chi connectivity index (χ0v) is 21.7. The van der Waals surface area contributed by atoms with Crippen LogP contribution in [0.1, 0.15) is 104 Å². The minimum atomic E-state index is -4.24. The Balaban J connectivity index is 4.36. The van der Waals surface area contributed by atoms with Crippen molar-refractivity contribution in [3.05, 3.63) is 12.2 Å². The fourth-order valence-electron chi connectivity index (χ4n) is 3.04. The molecule has 0 saturated heterocycles. The summed E-state index contributed by atoms with van der Waals surface area (Å²) in [6.07, 6.45) is 14.8. The van der Waals surface area contributed by atoms with Gasteiger partial charge < -0.3 is 14.4 Å². The highest BCUT2D eigenvalue weighted by Gasteiger charge is 2.25. The number of phosphoric ester groups is 1. The van der Waals surface area contributed by atoms with Crippen molar-refractivity contribution >= 4 is 19.8 Å². The van der Waals surface area contributed by atoms with E-state index in [9.17, 15) is 19.0 Å². The summed E-state index contributed by atoms with van der Waals surface area (Å²) in [5.41, 5.74) is 0. The topological polar surface area (TPSA) is 108 Å². The first-order valence-electron chi connectivity index (χ1n) is 12.5. The lowest BCUT2D eigenvalue weighted by Gasteiger charge is -2.19. The molecule has 0 amide bonds. The van der Waals surface area contributed by atoms with Gasteiger partial charge in [0.1, 0.15) is 6.61 Å². The summed E-state index contributed by atoms with van der Waals surface area (Å²) in [7, 11) is -4.24. The molecule has 0 rings (SSSR count). The number of allylic oxidation sites excluding steroid dienone is 2. The molecule has 0 fully saturated rings. The fraction of sp³-hybridized carbons (Fsp3) is 0.833. The van der Waals surface area contributed by atoms with Crippen molar-refractivity contribution in [2.45, 2.75) is 110 Å². The second kappa shape index (κ2) is 21.3. The lowest BCUT2D eigenvalue weighted by molar-refractivity contribution is -0.161. The van der Waals surface area contributed by atoms with Crippen LogP contribution in [0, 0.1) is 0 Å². The molecule has 0 aromatic rings. The summed E-state index contributed by atoms with van der Waals surface area (Å²) in [5.74, 6) is -0.837. The van der Waals surface area contributed by atoms with E-state index in [-0.39, 0.29) is 26.1 Å². The van der Waals surface area contributed by atoms with Gasteiger partial charge in [-0.25, -0.2) is 4.57 Å². The average Bonchev–Trinajstić information content (AvgIpc) is 2.77. The van der Waals surface area contributed by atoms with Crippen molar-refractivity contribution in [1.82, 2.24) is 0 Å². The number of hydrogen-bond acceptors (Lipinski definition) is 7. The molecule has 0 aliphatic heterocycles. The van der Waals surface area contributed by atoms with E-state index in [1.54, 1.807) is 6.92 Å². The predicted octanol–water partition coefficient (Wildman–Crippen LogP) is 6.26. The van der Waals surface area contributed by atoms with Gasteiger partial charge in [0.05, 0.1) is 13.2 Å². The number of ether oxygens (including phenoxy) is 2. The summed E-state index contributed by atoms with van der Waals surface area (Å²) in [6.45, 7) is 5.15. The van der Waals surface area contributed by atoms with E-state index in [4.69, 9.17) is 14.0 Å². The maximum Gasteiger partial charge on any atom is 0.472 e. The third kappa shape index (κ3) is 21.1. The molecule has 0 aliphatic carbocycles. The normalized spacial score (nSPS) is 14.2. The van der Waals surface area contributed by atoms with Crippen LogP contribution in [-0.2, 0) is 32.7 Å². The Morgan fingerprint density at radius 3 is 2.12 bits per heavy atom. The van der Waals surface area contributed by atoms with Crippen LogP contribution in [0.25, 0.3) is 0 Å². The van der Waals surface area contributed by atoms with Crippen LogP contribution >= 0.6 is 7.82 Å². The van der Waals surface area contributed by atoms with Gasteiger partial charge in [-0.1, -0.05) is 64.5 Å². The molecule has 33 heavy (non-hydrogen) atoms. The van der Waals surface area contributed by atoms with Gasteiger partial charge in [0.2, 0.25) is 0 Å². The van der Waals surface area contributed by atoms with Gasteiger partial charge in [-0.15, -0.1) is 0 Å². The largest absolute Gasteiger partial charge is 0.472 e. The quantitative estimate of drug-likeness (QED) is 0.0816. The van der Waals surface area contributed by atoms with Gasteiger partial charge >= 0.3 is 19.8 Å². The van der Waals surface area contributed by atoms with E-state index in [0.29, 0.717) is 6.42 Å². The molecule has 0 radical (unpaired) electrons. The average molecular weight is 493 g/mol. The minimum absolute atomic E-state index is 0.000130. The molecule has 0 heterocycles. The molecule has 1 N–H and O–H groups in total. The lowest BCUT2D eigenvalue weighted by atomic mass is 10.1. The molecule has 8 nitrogen and oxygen atoms in total. The summed E-state index contributed by atoms with van der Waals surface area (Å²) in [6, 6.07) is 0. The van der Waals surface area contributed by atoms with Crippen LogP contribution in [0.3, 0.4) is 0 Å². The van der Waals surface area contributed by atoms with E-state index in [1.807, 2.05) is 0 Å². The first-order chi connectivity index (χ1) is 15.8. The Bertz CT molecular complexity index is 579. The van der Waals surface area contributed by atoms with E-state index < -0.39 is 32.5 Å². The summed E-state index contributed by atoms with van der Waals surface area (Å²) in [5, 5.41) is 0. The van der Waals surface area contributed by atoms with Gasteiger partial charge in [0.15, 0.2) is 6.10 Å². The molecule has 2 atom stereocenters. The molecule has 0 spiro atoms. The zero-order chi connectivity index (χ0) is 24.8. The van der Waals surface area contributed by atoms with Crippen LogP contribution in [0.15, 0.2) is 12.2 Å². The van der Waals surface area contributed by atoms with Crippen molar-refractivity contribution in [2.75, 3.05) is 19.8 Å². The molecule has 0 saturated carbocycles. The summed E-state index contributed by atoms with van der Waals surface area (Å²) in [4.78, 5) is 33.7. The standard InChI is InChI=1S/C24H45O8P/c1-4-7-9-11-12-13-14-15-17-19-24(26)32-22(21-31-33(27,28)30-6-3)20-29-23(25)18-16-10-8-5-2/h7,9,22H,4-6,8,10-21H2,1-3H3,(H,27,28)/b9-7-/t22-/m1/s1. The van der Waals surface area contributed by atoms with Crippen molar-refractivity contribution < 1.29 is 37.6 Å². The van der Waals surface area contributed by atoms with E-state index in [0.717, 1.165) is 64.2 Å². The van der Waals surface area contributed by atoms with E-state index >= 15 is 0 Å². The lowest BCUT2D eigenvalue weighted by Crippen LogP contribution is -2.29. The van der Waals surface area contributed by atoms with Crippen LogP contribution < -0.4 is 0 Å². The van der Waals surface area contributed by atoms with E-state index in [2.05, 4.69) is 30.5 Å². The van der Waals surface area contributed by atoms with Crippen LogP contribution in [-0.4, -0.2) is 42.8 Å². The molecule has 0 bridgehead atoms. The minimum Gasteiger partial charge on any atom is -0.462 e. The molecular formula is C24H45O8P. The predicted molar refractivity (Wildman–Crippen MR) is 129 cm³/mol. The van der Waals surface area contributed by atoms with E-state index in [1.165, 1.54) is 0 Å². The fourth-order valence-corrected chi connectivity index (χ4v) is 3.79. The maximum absolute atomic E-state index is 12.2. The van der Waals surface area contributed by atoms with Gasteiger partial charge in [-0.05, 0) is 39.0 Å². The maximum atomic E-state index is 12.2. The Labute approximate surface area is 200 Å². The second-order valence-electron chi connectivity index (χ2n) is 7.97. The van der Waals surface area contributed by atoms with Crippen LogP contribution in [0.4, 0.5) is 0 Å². The number of unbranched alkanes of at least 4 members (excludes halogenated alkanes) is 8. The smallest absolute Gasteiger partial charge is 0.462 e. The monoisotopic (exact) mass is 492 g/mol. The first-order valence-corrected chi connectivity index (χ1v) is 14.0. The van der Waals surface area contributed by atoms with Gasteiger partial charge in [0, 0.05) is 12.8 Å². The van der Waals surface area contributed by atoms with Gasteiger partial charge in [-0.3, -0.25) is 18.6 Å². The van der Waals surface area contributed by atoms with Crippen molar-refractivity contribution in [3.8, 4) is 0 Å². The molecule has 0 aromatic heterocycles. The number of carbonyl (C=O) groups is 2. The highest BCUT2D eigenvalue weighted by molar-refractivity contribution is 7.47. The molecule has 0 aromatic carbocycles. The van der Waals surface area contributed by atoms with Gasteiger partial charge in [-0.2, -0.15) is 0 Å². The van der Waals surface area contributed by atoms with Gasteiger partial charge in [0.25, 0.3) is 0 Å². The van der Waals surface area contributed by atoms with Crippen molar-refractivity contribution in [1.29, 1.82) is 0 Å². The first kappa shape index (κ1) is 31.8. The summed E-state index contributed by atoms with van der Waals surface area (Å²) >= 11 is 0. The second-order valence-corrected chi connectivity index (χ2v) is 9.43. The molecular weight excluding hydrogens is 447 g/mol. The molecule has 9 heteroatoms. The Morgan fingerprint density at radius 1 is 0.818 bits per heavy atom. The molecule has 0 aliphatic rings. The van der Waals surface area contributed by atoms with Crippen LogP contribution in [0.5, 0.6) is 0 Å². The third-order valence-electron chi connectivity index (χ3n) is 4.83. The Morgan fingerprint density at radius 2 is 1.45 bits per heavy atom. The summed E-state index contributed by atoms with van der Waals surface area (Å²) < 4.78 is 31.9. The number of carbonyl (C=O) groups excluding carboxylic acids is 2. The Hall–Kier alpha value is -1.21. The molecule has 1 unspecified atom stereocenters. The SMILES string of the molecule is CC/C=C\CCCCCCCC(=O)O[C@H](COC(=O)CCCCCC)COP(=O)(O)OCC. The van der Waals surface area contributed by atoms with Crippen molar-refractivity contribution in [2.24, 2.45) is 0 Å². The highest BCUT2D eigenvalue weighted by atomic mass is 31.2. The number of esters is 2. The Kier molecular flexibility index (Phi) is 20.5. The zero-order valence-electron chi connectivity index (χ0n) is 20.8. The number of hydrogen-bond donors (Lipinski definition) is 1.